The fourth-order valence-corrected chi connectivity index (χ4v) is 3.23. The number of benzene rings is 2. The largest absolute Gasteiger partial charge is 0.348 e. The lowest BCUT2D eigenvalue weighted by Gasteiger charge is -2.18. The van der Waals surface area contributed by atoms with E-state index < -0.39 is 11.6 Å². The third kappa shape index (κ3) is 4.32. The molecule has 23 heavy (non-hydrogen) atoms. The minimum atomic E-state index is -0.893. The van der Waals surface area contributed by atoms with Crippen LogP contribution < -0.4 is 5.32 Å². The standard InChI is InChI=1S/C18H17F2NOS/c19-15-9-8-14(10-16(15)20)23-11-17(22)21-18(13-6-7-13)12-4-2-1-3-5-12/h1-5,8-10,13,18H,6-7,11H2,(H,21,22)/t18-/m0/s1. The smallest absolute Gasteiger partial charge is 0.230 e. The Balaban J connectivity index is 1.58. The van der Waals surface area contributed by atoms with Crippen LogP contribution in [-0.4, -0.2) is 11.7 Å². The van der Waals surface area contributed by atoms with Crippen molar-refractivity contribution in [2.24, 2.45) is 5.92 Å². The Morgan fingerprint density at radius 3 is 2.52 bits per heavy atom. The number of amides is 1. The summed E-state index contributed by atoms with van der Waals surface area (Å²) < 4.78 is 26.0. The number of carbonyl (C=O) groups excluding carboxylic acids is 1. The van der Waals surface area contributed by atoms with Crippen LogP contribution in [0.2, 0.25) is 0 Å². The van der Waals surface area contributed by atoms with Crippen LogP contribution in [0.4, 0.5) is 8.78 Å². The number of carbonyl (C=O) groups is 1. The average Bonchev–Trinajstić information content (AvgIpc) is 3.39. The second-order valence-electron chi connectivity index (χ2n) is 5.66. The third-order valence-electron chi connectivity index (χ3n) is 3.83. The molecule has 1 amide bonds. The van der Waals surface area contributed by atoms with E-state index in [1.807, 2.05) is 30.3 Å². The number of thioether (sulfide) groups is 1. The van der Waals surface area contributed by atoms with E-state index in [0.29, 0.717) is 10.8 Å². The number of nitrogens with one attached hydrogen (secondary N) is 1. The van der Waals surface area contributed by atoms with Crippen molar-refractivity contribution in [2.45, 2.75) is 23.8 Å². The van der Waals surface area contributed by atoms with Crippen molar-refractivity contribution in [3.05, 3.63) is 65.7 Å². The van der Waals surface area contributed by atoms with Gasteiger partial charge in [0.05, 0.1) is 11.8 Å². The van der Waals surface area contributed by atoms with Gasteiger partial charge in [0.25, 0.3) is 0 Å². The molecule has 120 valence electrons. The molecule has 2 aromatic carbocycles. The van der Waals surface area contributed by atoms with Gasteiger partial charge in [-0.15, -0.1) is 11.8 Å². The van der Waals surface area contributed by atoms with Crippen LogP contribution in [0.5, 0.6) is 0 Å². The van der Waals surface area contributed by atoms with E-state index in [-0.39, 0.29) is 17.7 Å². The highest BCUT2D eigenvalue weighted by atomic mass is 32.2. The van der Waals surface area contributed by atoms with Gasteiger partial charge in [-0.05, 0) is 42.5 Å². The zero-order valence-electron chi connectivity index (χ0n) is 12.5. The summed E-state index contributed by atoms with van der Waals surface area (Å²) in [7, 11) is 0. The Kier molecular flexibility index (Phi) is 4.96. The Bertz CT molecular complexity index is 689. The van der Waals surface area contributed by atoms with Gasteiger partial charge in [0, 0.05) is 4.90 Å². The Hall–Kier alpha value is -1.88. The van der Waals surface area contributed by atoms with E-state index in [9.17, 15) is 13.6 Å². The summed E-state index contributed by atoms with van der Waals surface area (Å²) in [5.41, 5.74) is 1.11. The van der Waals surface area contributed by atoms with E-state index in [2.05, 4.69) is 5.32 Å². The van der Waals surface area contributed by atoms with E-state index >= 15 is 0 Å². The molecule has 0 bridgehead atoms. The van der Waals surface area contributed by atoms with Gasteiger partial charge in [-0.2, -0.15) is 0 Å². The summed E-state index contributed by atoms with van der Waals surface area (Å²) >= 11 is 1.20. The summed E-state index contributed by atoms with van der Waals surface area (Å²) in [4.78, 5) is 12.7. The summed E-state index contributed by atoms with van der Waals surface area (Å²) in [6, 6.07) is 13.6. The molecule has 0 aromatic heterocycles. The number of hydrogen-bond acceptors (Lipinski definition) is 2. The lowest BCUT2D eigenvalue weighted by atomic mass is 10.0. The van der Waals surface area contributed by atoms with Crippen LogP contribution >= 0.6 is 11.8 Å². The quantitative estimate of drug-likeness (QED) is 0.798. The number of halogens is 2. The predicted molar refractivity (Wildman–Crippen MR) is 87.1 cm³/mol. The molecule has 1 saturated carbocycles. The lowest BCUT2D eigenvalue weighted by Crippen LogP contribution is -2.31. The highest BCUT2D eigenvalue weighted by Gasteiger charge is 2.33. The minimum absolute atomic E-state index is 0.0363. The maximum absolute atomic E-state index is 13.2. The number of rotatable bonds is 6. The van der Waals surface area contributed by atoms with Crippen LogP contribution in [0.3, 0.4) is 0 Å². The van der Waals surface area contributed by atoms with Crippen molar-refractivity contribution in [3.8, 4) is 0 Å². The lowest BCUT2D eigenvalue weighted by molar-refractivity contribution is -0.119. The average molecular weight is 333 g/mol. The number of hydrogen-bond donors (Lipinski definition) is 1. The summed E-state index contributed by atoms with van der Waals surface area (Å²) in [6.07, 6.45) is 2.24. The molecule has 1 N–H and O–H groups in total. The van der Waals surface area contributed by atoms with E-state index in [4.69, 9.17) is 0 Å². The zero-order valence-corrected chi connectivity index (χ0v) is 13.3. The molecular weight excluding hydrogens is 316 g/mol. The van der Waals surface area contributed by atoms with Gasteiger partial charge in [-0.3, -0.25) is 4.79 Å². The highest BCUT2D eigenvalue weighted by molar-refractivity contribution is 8.00. The first-order valence-electron chi connectivity index (χ1n) is 7.55. The summed E-state index contributed by atoms with van der Waals surface area (Å²) in [5.74, 6) is -1.19. The highest BCUT2D eigenvalue weighted by Crippen LogP contribution is 2.41. The van der Waals surface area contributed by atoms with Gasteiger partial charge in [0.1, 0.15) is 0 Å². The van der Waals surface area contributed by atoms with Crippen LogP contribution in [0, 0.1) is 17.6 Å². The van der Waals surface area contributed by atoms with Crippen LogP contribution in [0.25, 0.3) is 0 Å². The zero-order chi connectivity index (χ0) is 16.2. The molecule has 0 spiro atoms. The molecule has 0 radical (unpaired) electrons. The minimum Gasteiger partial charge on any atom is -0.348 e. The molecule has 0 aliphatic heterocycles. The normalized spacial score (nSPS) is 15.2. The molecule has 2 aromatic rings. The fourth-order valence-electron chi connectivity index (χ4n) is 2.49. The molecule has 1 aliphatic carbocycles. The van der Waals surface area contributed by atoms with Gasteiger partial charge in [-0.25, -0.2) is 8.78 Å². The van der Waals surface area contributed by atoms with E-state index in [1.54, 1.807) is 0 Å². The molecule has 1 aliphatic rings. The second kappa shape index (κ2) is 7.13. The summed E-state index contributed by atoms with van der Waals surface area (Å²) in [5, 5.41) is 3.06. The van der Waals surface area contributed by atoms with Crippen LogP contribution in [0.15, 0.2) is 53.4 Å². The van der Waals surface area contributed by atoms with Crippen molar-refractivity contribution in [3.63, 3.8) is 0 Å². The second-order valence-corrected chi connectivity index (χ2v) is 6.71. The Labute approximate surface area is 138 Å². The van der Waals surface area contributed by atoms with Crippen LogP contribution in [-0.2, 0) is 4.79 Å². The maximum Gasteiger partial charge on any atom is 0.230 e. The third-order valence-corrected chi connectivity index (χ3v) is 4.82. The topological polar surface area (TPSA) is 29.1 Å². The Morgan fingerprint density at radius 1 is 1.13 bits per heavy atom. The van der Waals surface area contributed by atoms with E-state index in [1.165, 1.54) is 17.8 Å². The monoisotopic (exact) mass is 333 g/mol. The fraction of sp³-hybridized carbons (Fsp3) is 0.278. The Morgan fingerprint density at radius 2 is 1.87 bits per heavy atom. The van der Waals surface area contributed by atoms with Gasteiger partial charge < -0.3 is 5.32 Å². The molecule has 0 saturated heterocycles. The first-order valence-corrected chi connectivity index (χ1v) is 8.54. The van der Waals surface area contributed by atoms with E-state index in [0.717, 1.165) is 30.5 Å². The molecule has 0 heterocycles. The maximum atomic E-state index is 13.2. The summed E-state index contributed by atoms with van der Waals surface area (Å²) in [6.45, 7) is 0. The van der Waals surface area contributed by atoms with Gasteiger partial charge in [0.2, 0.25) is 5.91 Å². The molecule has 5 heteroatoms. The first-order chi connectivity index (χ1) is 11.1. The molecule has 0 unspecified atom stereocenters. The van der Waals surface area contributed by atoms with Crippen molar-refractivity contribution >= 4 is 17.7 Å². The van der Waals surface area contributed by atoms with Gasteiger partial charge >= 0.3 is 0 Å². The molecular formula is C18H17F2NOS. The van der Waals surface area contributed by atoms with Gasteiger partial charge in [0.15, 0.2) is 11.6 Å². The molecule has 1 atom stereocenters. The molecule has 3 rings (SSSR count). The molecule has 2 nitrogen and oxygen atoms in total. The SMILES string of the molecule is O=C(CSc1ccc(F)c(F)c1)N[C@@H](c1ccccc1)C1CC1. The van der Waals surface area contributed by atoms with Crippen molar-refractivity contribution in [1.82, 2.24) is 5.32 Å². The van der Waals surface area contributed by atoms with Crippen molar-refractivity contribution < 1.29 is 13.6 Å². The molecule has 1 fully saturated rings. The predicted octanol–water partition coefficient (Wildman–Crippen LogP) is 4.32. The van der Waals surface area contributed by atoms with Crippen molar-refractivity contribution in [2.75, 3.05) is 5.75 Å². The van der Waals surface area contributed by atoms with Gasteiger partial charge in [-0.1, -0.05) is 30.3 Å². The van der Waals surface area contributed by atoms with Crippen molar-refractivity contribution in [1.29, 1.82) is 0 Å². The first kappa shape index (κ1) is 16.0. The van der Waals surface area contributed by atoms with Crippen LogP contribution in [0.1, 0.15) is 24.4 Å².